The quantitative estimate of drug-likeness (QED) is 0.475. The summed E-state index contributed by atoms with van der Waals surface area (Å²) in [4.78, 5) is 15.6. The lowest BCUT2D eigenvalue weighted by Gasteiger charge is -2.50. The normalized spacial score (nSPS) is 23.1. The van der Waals surface area contributed by atoms with Gasteiger partial charge in [0, 0.05) is 29.7 Å². The van der Waals surface area contributed by atoms with E-state index in [0.717, 1.165) is 36.8 Å². The number of aromatic nitrogens is 2. The average Bonchev–Trinajstić information content (AvgIpc) is 3.37. The molecular weight excluding hydrogens is 505 g/mol. The number of ether oxygens (including phenoxy) is 1. The zero-order valence-corrected chi connectivity index (χ0v) is 20.9. The topological polar surface area (TPSA) is 59.4 Å². The third-order valence-corrected chi connectivity index (χ3v) is 7.68. The van der Waals surface area contributed by atoms with Crippen LogP contribution in [0.25, 0.3) is 5.69 Å². The molecule has 2 aromatic carbocycles. The van der Waals surface area contributed by atoms with Crippen LogP contribution in [-0.2, 0) is 16.5 Å². The molecule has 0 radical (unpaired) electrons. The third-order valence-electron chi connectivity index (χ3n) is 7.43. The van der Waals surface area contributed by atoms with E-state index in [1.807, 2.05) is 18.2 Å². The smallest absolute Gasteiger partial charge is 0.379 e. The summed E-state index contributed by atoms with van der Waals surface area (Å²) in [5.41, 5.74) is -0.370. The van der Waals surface area contributed by atoms with Gasteiger partial charge >= 0.3 is 6.18 Å². The fraction of sp³-hybridized carbons (Fsp3) is 0.407. The lowest BCUT2D eigenvalue weighted by atomic mass is 9.73. The second-order valence-corrected chi connectivity index (χ2v) is 9.97. The number of nitrogens with zero attached hydrogens (tertiary/aromatic N) is 3. The highest BCUT2D eigenvalue weighted by molar-refractivity contribution is 6.30. The number of carbonyl (C=O) groups excluding carboxylic acids is 1. The molecule has 1 aliphatic heterocycles. The molecular formula is C27H28ClF3N4O2. The molecule has 6 nitrogen and oxygen atoms in total. The summed E-state index contributed by atoms with van der Waals surface area (Å²) in [6.07, 6.45) is -0.892. The highest BCUT2D eigenvalue weighted by atomic mass is 35.5. The van der Waals surface area contributed by atoms with Gasteiger partial charge in [0.2, 0.25) is 0 Å². The number of rotatable bonds is 5. The van der Waals surface area contributed by atoms with E-state index in [9.17, 15) is 18.0 Å². The van der Waals surface area contributed by atoms with Crippen LogP contribution < -0.4 is 5.32 Å². The summed E-state index contributed by atoms with van der Waals surface area (Å²) in [5, 5.41) is 7.14. The molecule has 2 aliphatic rings. The second-order valence-electron chi connectivity index (χ2n) is 9.54. The summed E-state index contributed by atoms with van der Waals surface area (Å²) >= 11 is 5.88. The maximum Gasteiger partial charge on any atom is 0.434 e. The van der Waals surface area contributed by atoms with E-state index >= 15 is 0 Å². The number of halogens is 4. The first kappa shape index (κ1) is 25.8. The molecule has 0 unspecified atom stereocenters. The first-order chi connectivity index (χ1) is 17.8. The molecule has 0 bridgehead atoms. The van der Waals surface area contributed by atoms with Crippen molar-refractivity contribution in [2.24, 2.45) is 0 Å². The van der Waals surface area contributed by atoms with Crippen LogP contribution in [0.1, 0.15) is 47.3 Å². The highest BCUT2D eigenvalue weighted by Gasteiger charge is 2.44. The van der Waals surface area contributed by atoms with E-state index in [4.69, 9.17) is 16.3 Å². The number of morpholine rings is 1. The van der Waals surface area contributed by atoms with E-state index in [1.165, 1.54) is 29.8 Å². The third kappa shape index (κ3) is 5.26. The predicted octanol–water partition coefficient (Wildman–Crippen LogP) is 5.44. The van der Waals surface area contributed by atoms with Crippen molar-refractivity contribution in [2.75, 3.05) is 26.3 Å². The van der Waals surface area contributed by atoms with Crippen molar-refractivity contribution in [3.05, 3.63) is 82.6 Å². The number of hydrogen-bond acceptors (Lipinski definition) is 4. The van der Waals surface area contributed by atoms with E-state index < -0.39 is 23.3 Å². The molecule has 5 rings (SSSR count). The SMILES string of the molecule is O=C(NC1CCC(c2ccccc2)(N2CCOCC2)CC1)c1cnn(-c2ccc(Cl)cc2)c1C(F)(F)F. The zero-order chi connectivity index (χ0) is 26.0. The second kappa shape index (κ2) is 10.5. The number of benzene rings is 2. The van der Waals surface area contributed by atoms with Crippen molar-refractivity contribution in [2.45, 2.75) is 43.4 Å². The Balaban J connectivity index is 1.34. The minimum absolute atomic E-state index is 0.173. The van der Waals surface area contributed by atoms with Gasteiger partial charge in [0.05, 0.1) is 30.7 Å². The van der Waals surface area contributed by atoms with E-state index in [0.29, 0.717) is 31.1 Å². The predicted molar refractivity (Wildman–Crippen MR) is 134 cm³/mol. The van der Waals surface area contributed by atoms with Crippen LogP contribution >= 0.6 is 11.6 Å². The van der Waals surface area contributed by atoms with Crippen LogP contribution in [0.3, 0.4) is 0 Å². The molecule has 10 heteroatoms. The van der Waals surface area contributed by atoms with Gasteiger partial charge in [-0.2, -0.15) is 18.3 Å². The van der Waals surface area contributed by atoms with Crippen LogP contribution in [0.2, 0.25) is 5.02 Å². The van der Waals surface area contributed by atoms with Gasteiger partial charge in [0.25, 0.3) is 5.91 Å². The zero-order valence-electron chi connectivity index (χ0n) is 20.2. The van der Waals surface area contributed by atoms with Crippen LogP contribution in [0.15, 0.2) is 60.8 Å². The lowest BCUT2D eigenvalue weighted by molar-refractivity contribution is -0.143. The molecule has 196 valence electrons. The first-order valence-corrected chi connectivity index (χ1v) is 12.8. The molecule has 0 atom stereocenters. The largest absolute Gasteiger partial charge is 0.434 e. The Hall–Kier alpha value is -2.88. The lowest BCUT2D eigenvalue weighted by Crippen LogP contribution is -2.54. The molecule has 1 saturated carbocycles. The minimum Gasteiger partial charge on any atom is -0.379 e. The van der Waals surface area contributed by atoms with Crippen LogP contribution in [0, 0.1) is 0 Å². The molecule has 1 N–H and O–H groups in total. The maximum absolute atomic E-state index is 14.1. The monoisotopic (exact) mass is 532 g/mol. The minimum atomic E-state index is -4.77. The summed E-state index contributed by atoms with van der Waals surface area (Å²) < 4.78 is 48.5. The van der Waals surface area contributed by atoms with Gasteiger partial charge in [-0.1, -0.05) is 41.9 Å². The van der Waals surface area contributed by atoms with Gasteiger partial charge in [-0.15, -0.1) is 0 Å². The summed E-state index contributed by atoms with van der Waals surface area (Å²) in [6, 6.07) is 15.9. The Bertz CT molecular complexity index is 1220. The van der Waals surface area contributed by atoms with E-state index in [2.05, 4.69) is 27.4 Å². The van der Waals surface area contributed by atoms with Crippen molar-refractivity contribution in [3.63, 3.8) is 0 Å². The van der Waals surface area contributed by atoms with Gasteiger partial charge in [-0.3, -0.25) is 9.69 Å². The highest BCUT2D eigenvalue weighted by Crippen LogP contribution is 2.43. The van der Waals surface area contributed by atoms with Crippen molar-refractivity contribution < 1.29 is 22.7 Å². The fourth-order valence-corrected chi connectivity index (χ4v) is 5.72. The molecule has 0 spiro atoms. The average molecular weight is 533 g/mol. The Morgan fingerprint density at radius 2 is 1.68 bits per heavy atom. The molecule has 37 heavy (non-hydrogen) atoms. The van der Waals surface area contributed by atoms with E-state index in [1.54, 1.807) is 0 Å². The molecule has 2 fully saturated rings. The van der Waals surface area contributed by atoms with Crippen molar-refractivity contribution in [3.8, 4) is 5.69 Å². The van der Waals surface area contributed by atoms with E-state index in [-0.39, 0.29) is 17.3 Å². The van der Waals surface area contributed by atoms with Gasteiger partial charge < -0.3 is 10.1 Å². The van der Waals surface area contributed by atoms with Gasteiger partial charge in [-0.25, -0.2) is 4.68 Å². The number of nitrogens with one attached hydrogen (secondary N) is 1. The maximum atomic E-state index is 14.1. The molecule has 1 amide bonds. The van der Waals surface area contributed by atoms with Crippen molar-refractivity contribution >= 4 is 17.5 Å². The fourth-order valence-electron chi connectivity index (χ4n) is 5.60. The van der Waals surface area contributed by atoms with Crippen molar-refractivity contribution in [1.82, 2.24) is 20.0 Å². The first-order valence-electron chi connectivity index (χ1n) is 12.4. The molecule has 2 heterocycles. The number of hydrogen-bond donors (Lipinski definition) is 1. The molecule has 1 saturated heterocycles. The summed E-state index contributed by atoms with van der Waals surface area (Å²) in [7, 11) is 0. The van der Waals surface area contributed by atoms with Gasteiger partial charge in [0.15, 0.2) is 5.69 Å². The van der Waals surface area contributed by atoms with Crippen LogP contribution in [-0.4, -0.2) is 52.9 Å². The summed E-state index contributed by atoms with van der Waals surface area (Å²) in [5.74, 6) is -0.767. The van der Waals surface area contributed by atoms with Crippen LogP contribution in [0.5, 0.6) is 0 Å². The van der Waals surface area contributed by atoms with Crippen molar-refractivity contribution in [1.29, 1.82) is 0 Å². The summed E-state index contributed by atoms with van der Waals surface area (Å²) in [6.45, 7) is 2.99. The van der Waals surface area contributed by atoms with Gasteiger partial charge in [-0.05, 0) is 55.5 Å². The Kier molecular flexibility index (Phi) is 7.29. The number of amides is 1. The Morgan fingerprint density at radius 1 is 1.03 bits per heavy atom. The van der Waals surface area contributed by atoms with Gasteiger partial charge in [0.1, 0.15) is 0 Å². The number of alkyl halides is 3. The standard InChI is InChI=1S/C27H28ClF3N4O2/c28-20-6-8-22(9-7-20)35-24(27(29,30)31)23(18-32-35)25(36)33-21-10-12-26(13-11-21,19-4-2-1-3-5-19)34-14-16-37-17-15-34/h1-9,18,21H,10-17H2,(H,33,36). The Morgan fingerprint density at radius 3 is 2.30 bits per heavy atom. The van der Waals surface area contributed by atoms with Crippen LogP contribution in [0.4, 0.5) is 13.2 Å². The Labute approximate surface area is 218 Å². The molecule has 3 aromatic rings. The molecule has 1 aliphatic carbocycles. The molecule has 1 aromatic heterocycles. The number of carbonyl (C=O) groups is 1.